The highest BCUT2D eigenvalue weighted by molar-refractivity contribution is 5.98. The van der Waals surface area contributed by atoms with Crippen molar-refractivity contribution in [2.45, 2.75) is 32.7 Å². The number of benzene rings is 1. The van der Waals surface area contributed by atoms with Crippen molar-refractivity contribution < 1.29 is 19.1 Å². The zero-order valence-electron chi connectivity index (χ0n) is 15.6. The Morgan fingerprint density at radius 3 is 2.63 bits per heavy atom. The SMILES string of the molecule is C=CN(C(C)=O)C(CC(=O)OCC)[C@@H]1CCN(c2ccc(C#N)cc2)C1=O. The van der Waals surface area contributed by atoms with Crippen molar-refractivity contribution in [3.63, 3.8) is 0 Å². The number of ether oxygens (including phenoxy) is 1. The number of esters is 1. The van der Waals surface area contributed by atoms with Crippen LogP contribution in [0.4, 0.5) is 5.69 Å². The second-order valence-corrected chi connectivity index (χ2v) is 6.23. The normalized spacial score (nSPS) is 17.1. The summed E-state index contributed by atoms with van der Waals surface area (Å²) in [6, 6.07) is 8.13. The van der Waals surface area contributed by atoms with Crippen LogP contribution < -0.4 is 4.90 Å². The van der Waals surface area contributed by atoms with Crippen molar-refractivity contribution in [1.29, 1.82) is 5.26 Å². The number of anilines is 1. The van der Waals surface area contributed by atoms with Gasteiger partial charge in [-0.3, -0.25) is 14.4 Å². The maximum atomic E-state index is 13.0. The number of nitrogens with zero attached hydrogens (tertiary/aromatic N) is 3. The van der Waals surface area contributed by atoms with Crippen molar-refractivity contribution in [3.8, 4) is 6.07 Å². The largest absolute Gasteiger partial charge is 0.466 e. The molecule has 0 saturated carbocycles. The first-order chi connectivity index (χ1) is 12.9. The monoisotopic (exact) mass is 369 g/mol. The molecule has 1 heterocycles. The summed E-state index contributed by atoms with van der Waals surface area (Å²) in [7, 11) is 0. The first kappa shape index (κ1) is 20.2. The van der Waals surface area contributed by atoms with Crippen LogP contribution in [0, 0.1) is 17.2 Å². The van der Waals surface area contributed by atoms with Crippen LogP contribution in [-0.4, -0.2) is 41.9 Å². The van der Waals surface area contributed by atoms with Gasteiger partial charge in [0.2, 0.25) is 11.8 Å². The van der Waals surface area contributed by atoms with E-state index in [-0.39, 0.29) is 24.8 Å². The molecule has 0 bridgehead atoms. The minimum atomic E-state index is -0.644. The number of amides is 2. The fourth-order valence-electron chi connectivity index (χ4n) is 3.35. The molecule has 1 fully saturated rings. The van der Waals surface area contributed by atoms with Gasteiger partial charge in [-0.15, -0.1) is 0 Å². The molecule has 0 aromatic heterocycles. The summed E-state index contributed by atoms with van der Waals surface area (Å²) in [6.07, 6.45) is 1.78. The molecule has 142 valence electrons. The Balaban J connectivity index is 2.26. The van der Waals surface area contributed by atoms with Crippen LogP contribution in [0.3, 0.4) is 0 Å². The van der Waals surface area contributed by atoms with Crippen LogP contribution in [0.1, 0.15) is 32.3 Å². The third-order valence-corrected chi connectivity index (χ3v) is 4.62. The number of hydrogen-bond donors (Lipinski definition) is 0. The summed E-state index contributed by atoms with van der Waals surface area (Å²) in [5.74, 6) is -1.45. The summed E-state index contributed by atoms with van der Waals surface area (Å²) in [5, 5.41) is 8.91. The van der Waals surface area contributed by atoms with E-state index in [9.17, 15) is 14.4 Å². The van der Waals surface area contributed by atoms with E-state index < -0.39 is 17.9 Å². The van der Waals surface area contributed by atoms with Crippen molar-refractivity contribution in [2.24, 2.45) is 5.92 Å². The number of hydrogen-bond acceptors (Lipinski definition) is 5. The molecule has 1 aliphatic rings. The first-order valence-electron chi connectivity index (χ1n) is 8.81. The molecule has 7 nitrogen and oxygen atoms in total. The van der Waals surface area contributed by atoms with Gasteiger partial charge in [0.05, 0.1) is 36.6 Å². The molecule has 2 atom stereocenters. The molecule has 27 heavy (non-hydrogen) atoms. The minimum absolute atomic E-state index is 0.0724. The van der Waals surface area contributed by atoms with Crippen molar-refractivity contribution >= 4 is 23.5 Å². The molecular formula is C20H23N3O4. The Labute approximate surface area is 158 Å². The number of rotatable bonds is 7. The summed E-state index contributed by atoms with van der Waals surface area (Å²) < 4.78 is 5.01. The summed E-state index contributed by atoms with van der Waals surface area (Å²) in [6.45, 7) is 7.43. The van der Waals surface area contributed by atoms with Gasteiger partial charge < -0.3 is 14.5 Å². The Bertz CT molecular complexity index is 766. The van der Waals surface area contributed by atoms with Gasteiger partial charge in [0.15, 0.2) is 0 Å². The lowest BCUT2D eigenvalue weighted by Gasteiger charge is -2.31. The lowest BCUT2D eigenvalue weighted by Crippen LogP contribution is -2.44. The predicted molar refractivity (Wildman–Crippen MR) is 99.4 cm³/mol. The van der Waals surface area contributed by atoms with E-state index in [0.717, 1.165) is 0 Å². The van der Waals surface area contributed by atoms with Crippen LogP contribution in [0.25, 0.3) is 0 Å². The van der Waals surface area contributed by atoms with Gasteiger partial charge >= 0.3 is 5.97 Å². The Morgan fingerprint density at radius 2 is 2.11 bits per heavy atom. The quantitative estimate of drug-likeness (QED) is 0.688. The molecule has 1 aliphatic heterocycles. The molecule has 1 aromatic rings. The van der Waals surface area contributed by atoms with Gasteiger partial charge in [-0.05, 0) is 43.8 Å². The molecule has 0 aliphatic carbocycles. The van der Waals surface area contributed by atoms with Crippen LogP contribution in [0.5, 0.6) is 0 Å². The minimum Gasteiger partial charge on any atom is -0.466 e. The molecule has 7 heteroatoms. The average Bonchev–Trinajstić information content (AvgIpc) is 3.02. The number of carbonyl (C=O) groups is 3. The van der Waals surface area contributed by atoms with E-state index in [0.29, 0.717) is 24.2 Å². The Kier molecular flexibility index (Phi) is 6.72. The van der Waals surface area contributed by atoms with E-state index >= 15 is 0 Å². The van der Waals surface area contributed by atoms with Crippen LogP contribution in [-0.2, 0) is 19.1 Å². The zero-order valence-corrected chi connectivity index (χ0v) is 15.6. The zero-order chi connectivity index (χ0) is 20.0. The fraction of sp³-hybridized carbons (Fsp3) is 0.400. The van der Waals surface area contributed by atoms with E-state index in [1.54, 1.807) is 36.1 Å². The van der Waals surface area contributed by atoms with Crippen molar-refractivity contribution in [1.82, 2.24) is 4.90 Å². The molecule has 2 amide bonds. The van der Waals surface area contributed by atoms with Gasteiger partial charge in [-0.25, -0.2) is 0 Å². The molecular weight excluding hydrogens is 346 g/mol. The second kappa shape index (κ2) is 8.99. The van der Waals surface area contributed by atoms with E-state index in [2.05, 4.69) is 6.58 Å². The van der Waals surface area contributed by atoms with Gasteiger partial charge in [0.25, 0.3) is 0 Å². The highest BCUT2D eigenvalue weighted by Crippen LogP contribution is 2.31. The average molecular weight is 369 g/mol. The Hall–Kier alpha value is -3.14. The molecule has 1 unspecified atom stereocenters. The highest BCUT2D eigenvalue weighted by atomic mass is 16.5. The standard InChI is InChI=1S/C20H23N3O4/c1-4-22(14(3)24)18(12-19(25)27-5-2)17-10-11-23(20(17)26)16-8-6-15(13-21)7-9-16/h4,6-9,17-18H,1,5,10-12H2,2-3H3/t17-,18?/m0/s1. The summed E-state index contributed by atoms with van der Waals surface area (Å²) in [5.41, 5.74) is 1.20. The lowest BCUT2D eigenvalue weighted by atomic mass is 9.93. The topological polar surface area (TPSA) is 90.7 Å². The maximum Gasteiger partial charge on any atom is 0.307 e. The van der Waals surface area contributed by atoms with Gasteiger partial charge in [-0.1, -0.05) is 6.58 Å². The van der Waals surface area contributed by atoms with Crippen molar-refractivity contribution in [2.75, 3.05) is 18.1 Å². The smallest absolute Gasteiger partial charge is 0.307 e. The van der Waals surface area contributed by atoms with E-state index in [4.69, 9.17) is 10.00 Å². The van der Waals surface area contributed by atoms with Gasteiger partial charge in [0.1, 0.15) is 0 Å². The molecule has 1 aromatic carbocycles. The van der Waals surface area contributed by atoms with Gasteiger partial charge in [-0.2, -0.15) is 5.26 Å². The maximum absolute atomic E-state index is 13.0. The van der Waals surface area contributed by atoms with Crippen LogP contribution in [0.2, 0.25) is 0 Å². The molecule has 0 radical (unpaired) electrons. The van der Waals surface area contributed by atoms with Crippen LogP contribution >= 0.6 is 0 Å². The Morgan fingerprint density at radius 1 is 1.44 bits per heavy atom. The van der Waals surface area contributed by atoms with Gasteiger partial charge in [0, 0.05) is 19.2 Å². The van der Waals surface area contributed by atoms with E-state index in [1.807, 2.05) is 6.07 Å². The summed E-state index contributed by atoms with van der Waals surface area (Å²) in [4.78, 5) is 40.0. The molecule has 0 N–H and O–H groups in total. The lowest BCUT2D eigenvalue weighted by molar-refractivity contribution is -0.146. The summed E-state index contributed by atoms with van der Waals surface area (Å²) >= 11 is 0. The fourth-order valence-corrected chi connectivity index (χ4v) is 3.35. The molecule has 2 rings (SSSR count). The predicted octanol–water partition coefficient (Wildman–Crippen LogP) is 2.22. The third-order valence-electron chi connectivity index (χ3n) is 4.62. The van der Waals surface area contributed by atoms with Crippen molar-refractivity contribution in [3.05, 3.63) is 42.6 Å². The highest BCUT2D eigenvalue weighted by Gasteiger charge is 2.42. The number of nitriles is 1. The second-order valence-electron chi connectivity index (χ2n) is 6.23. The third kappa shape index (κ3) is 4.53. The van der Waals surface area contributed by atoms with Crippen LogP contribution in [0.15, 0.2) is 37.0 Å². The number of carbonyl (C=O) groups excluding carboxylic acids is 3. The first-order valence-corrected chi connectivity index (χ1v) is 8.81. The molecule has 0 spiro atoms. The molecule has 1 saturated heterocycles. The van der Waals surface area contributed by atoms with E-state index in [1.165, 1.54) is 18.0 Å².